The van der Waals surface area contributed by atoms with Gasteiger partial charge in [-0.25, -0.2) is 0 Å². The van der Waals surface area contributed by atoms with E-state index in [9.17, 15) is 4.79 Å². The number of carbonyl (C=O) groups excluding carboxylic acids is 1. The molecule has 2 aromatic carbocycles. The number of nitrogens with two attached hydrogens (primary N) is 1. The van der Waals surface area contributed by atoms with Gasteiger partial charge in [0.25, 0.3) is 5.91 Å². The van der Waals surface area contributed by atoms with Crippen molar-refractivity contribution in [1.82, 2.24) is 0 Å². The van der Waals surface area contributed by atoms with Crippen LogP contribution >= 0.6 is 11.6 Å². The van der Waals surface area contributed by atoms with E-state index in [0.717, 1.165) is 11.1 Å². The largest absolute Gasteiger partial charge is 0.397 e. The van der Waals surface area contributed by atoms with E-state index < -0.39 is 0 Å². The Bertz CT molecular complexity index is 618. The SMILES string of the molecule is Cc1cc(C)cc(C(=O)Nc2ccc(Cl)c(N)c2)c1. The van der Waals surface area contributed by atoms with Crippen LogP contribution in [0.4, 0.5) is 11.4 Å². The number of halogens is 1. The number of carbonyl (C=O) groups is 1. The minimum absolute atomic E-state index is 0.159. The van der Waals surface area contributed by atoms with E-state index in [0.29, 0.717) is 22.0 Å². The Balaban J connectivity index is 2.22. The van der Waals surface area contributed by atoms with Gasteiger partial charge in [-0.3, -0.25) is 4.79 Å². The number of rotatable bonds is 2. The average molecular weight is 275 g/mol. The van der Waals surface area contributed by atoms with Crippen LogP contribution in [-0.2, 0) is 0 Å². The summed E-state index contributed by atoms with van der Waals surface area (Å²) in [5.41, 5.74) is 9.52. The van der Waals surface area contributed by atoms with E-state index in [2.05, 4.69) is 5.32 Å². The molecular weight excluding hydrogens is 260 g/mol. The Morgan fingerprint density at radius 2 is 1.74 bits per heavy atom. The summed E-state index contributed by atoms with van der Waals surface area (Å²) in [6.07, 6.45) is 0. The Kier molecular flexibility index (Phi) is 3.76. The van der Waals surface area contributed by atoms with E-state index in [1.165, 1.54) is 0 Å². The summed E-state index contributed by atoms with van der Waals surface area (Å²) in [4.78, 5) is 12.1. The molecule has 0 aromatic heterocycles. The summed E-state index contributed by atoms with van der Waals surface area (Å²) < 4.78 is 0. The van der Waals surface area contributed by atoms with Crippen molar-refractivity contribution in [2.24, 2.45) is 0 Å². The van der Waals surface area contributed by atoms with Gasteiger partial charge in [0.05, 0.1) is 10.7 Å². The van der Waals surface area contributed by atoms with Crippen molar-refractivity contribution in [3.63, 3.8) is 0 Å². The first-order valence-electron chi connectivity index (χ1n) is 5.90. The molecule has 4 heteroatoms. The Morgan fingerprint density at radius 3 is 2.32 bits per heavy atom. The second-order valence-electron chi connectivity index (χ2n) is 4.57. The summed E-state index contributed by atoms with van der Waals surface area (Å²) >= 11 is 5.84. The molecule has 3 nitrogen and oxygen atoms in total. The third kappa shape index (κ3) is 3.26. The van der Waals surface area contributed by atoms with Gasteiger partial charge in [-0.2, -0.15) is 0 Å². The number of aryl methyl sites for hydroxylation is 2. The minimum atomic E-state index is -0.159. The molecule has 0 heterocycles. The van der Waals surface area contributed by atoms with E-state index >= 15 is 0 Å². The van der Waals surface area contributed by atoms with Gasteiger partial charge in [0.15, 0.2) is 0 Å². The fraction of sp³-hybridized carbons (Fsp3) is 0.133. The monoisotopic (exact) mass is 274 g/mol. The third-order valence-electron chi connectivity index (χ3n) is 2.74. The van der Waals surface area contributed by atoms with Gasteiger partial charge in [-0.15, -0.1) is 0 Å². The molecule has 0 aliphatic carbocycles. The maximum absolute atomic E-state index is 12.1. The van der Waals surface area contributed by atoms with E-state index in [-0.39, 0.29) is 5.91 Å². The quantitative estimate of drug-likeness (QED) is 0.819. The van der Waals surface area contributed by atoms with Crippen molar-refractivity contribution >= 4 is 28.9 Å². The molecule has 0 unspecified atom stereocenters. The van der Waals surface area contributed by atoms with Crippen LogP contribution in [0.1, 0.15) is 21.5 Å². The Labute approximate surface area is 117 Å². The second-order valence-corrected chi connectivity index (χ2v) is 4.97. The second kappa shape index (κ2) is 5.33. The van der Waals surface area contributed by atoms with Crippen LogP contribution in [-0.4, -0.2) is 5.91 Å². The lowest BCUT2D eigenvalue weighted by molar-refractivity contribution is 0.102. The van der Waals surface area contributed by atoms with Crippen molar-refractivity contribution in [1.29, 1.82) is 0 Å². The van der Waals surface area contributed by atoms with Crippen LogP contribution in [0.2, 0.25) is 5.02 Å². The highest BCUT2D eigenvalue weighted by Gasteiger charge is 2.08. The van der Waals surface area contributed by atoms with E-state index in [4.69, 9.17) is 17.3 Å². The molecule has 0 radical (unpaired) electrons. The van der Waals surface area contributed by atoms with Crippen molar-refractivity contribution in [2.45, 2.75) is 13.8 Å². The molecule has 3 N–H and O–H groups in total. The number of amides is 1. The predicted octanol–water partition coefficient (Wildman–Crippen LogP) is 3.79. The first-order chi connectivity index (χ1) is 8.95. The van der Waals surface area contributed by atoms with Gasteiger partial charge in [-0.1, -0.05) is 28.8 Å². The summed E-state index contributed by atoms with van der Waals surface area (Å²) in [6, 6.07) is 10.7. The fourth-order valence-electron chi connectivity index (χ4n) is 1.93. The maximum atomic E-state index is 12.1. The summed E-state index contributed by atoms with van der Waals surface area (Å²) in [5.74, 6) is -0.159. The zero-order chi connectivity index (χ0) is 14.0. The number of hydrogen-bond acceptors (Lipinski definition) is 2. The third-order valence-corrected chi connectivity index (χ3v) is 3.08. The van der Waals surface area contributed by atoms with Crippen LogP contribution in [0, 0.1) is 13.8 Å². The lowest BCUT2D eigenvalue weighted by Crippen LogP contribution is -2.12. The highest BCUT2D eigenvalue weighted by Crippen LogP contribution is 2.22. The number of benzene rings is 2. The van der Waals surface area contributed by atoms with Crippen LogP contribution in [0.3, 0.4) is 0 Å². The van der Waals surface area contributed by atoms with Crippen LogP contribution in [0.15, 0.2) is 36.4 Å². The number of nitrogen functional groups attached to an aromatic ring is 1. The molecule has 0 aliphatic rings. The van der Waals surface area contributed by atoms with Crippen molar-refractivity contribution < 1.29 is 4.79 Å². The van der Waals surface area contributed by atoms with Crippen LogP contribution < -0.4 is 11.1 Å². The molecule has 0 atom stereocenters. The molecule has 2 rings (SSSR count). The molecule has 1 amide bonds. The smallest absolute Gasteiger partial charge is 0.255 e. The van der Waals surface area contributed by atoms with Gasteiger partial charge >= 0.3 is 0 Å². The molecule has 0 saturated carbocycles. The highest BCUT2D eigenvalue weighted by molar-refractivity contribution is 6.33. The van der Waals surface area contributed by atoms with Gasteiger partial charge in [-0.05, 0) is 44.2 Å². The summed E-state index contributed by atoms with van der Waals surface area (Å²) in [6.45, 7) is 3.92. The highest BCUT2D eigenvalue weighted by atomic mass is 35.5. The molecule has 2 aromatic rings. The molecule has 98 valence electrons. The fourth-order valence-corrected chi connectivity index (χ4v) is 2.05. The summed E-state index contributed by atoms with van der Waals surface area (Å²) in [5, 5.41) is 3.28. The lowest BCUT2D eigenvalue weighted by atomic mass is 10.1. The van der Waals surface area contributed by atoms with E-state index in [1.807, 2.05) is 32.0 Å². The minimum Gasteiger partial charge on any atom is -0.397 e. The van der Waals surface area contributed by atoms with Crippen LogP contribution in [0.5, 0.6) is 0 Å². The van der Waals surface area contributed by atoms with Crippen molar-refractivity contribution in [3.8, 4) is 0 Å². The molecule has 0 saturated heterocycles. The Hall–Kier alpha value is -2.00. The topological polar surface area (TPSA) is 55.1 Å². The van der Waals surface area contributed by atoms with Gasteiger partial charge < -0.3 is 11.1 Å². The number of hydrogen-bond donors (Lipinski definition) is 2. The maximum Gasteiger partial charge on any atom is 0.255 e. The van der Waals surface area contributed by atoms with Gasteiger partial charge in [0.2, 0.25) is 0 Å². The average Bonchev–Trinajstić information content (AvgIpc) is 2.32. The molecule has 0 spiro atoms. The Morgan fingerprint density at radius 1 is 1.11 bits per heavy atom. The van der Waals surface area contributed by atoms with Gasteiger partial charge in [0.1, 0.15) is 0 Å². The summed E-state index contributed by atoms with van der Waals surface area (Å²) in [7, 11) is 0. The van der Waals surface area contributed by atoms with Crippen LogP contribution in [0.25, 0.3) is 0 Å². The molecular formula is C15H15ClN2O. The number of nitrogens with one attached hydrogen (secondary N) is 1. The molecule has 0 bridgehead atoms. The lowest BCUT2D eigenvalue weighted by Gasteiger charge is -2.08. The standard InChI is InChI=1S/C15H15ClN2O/c1-9-5-10(2)7-11(6-9)15(19)18-12-3-4-13(16)14(17)8-12/h3-8H,17H2,1-2H3,(H,18,19). The molecule has 19 heavy (non-hydrogen) atoms. The van der Waals surface area contributed by atoms with Gasteiger partial charge in [0, 0.05) is 11.3 Å². The normalized spacial score (nSPS) is 10.3. The molecule has 0 fully saturated rings. The first kappa shape index (κ1) is 13.4. The zero-order valence-corrected chi connectivity index (χ0v) is 11.6. The van der Waals surface area contributed by atoms with E-state index in [1.54, 1.807) is 18.2 Å². The van der Waals surface area contributed by atoms with Crippen molar-refractivity contribution in [2.75, 3.05) is 11.1 Å². The zero-order valence-electron chi connectivity index (χ0n) is 10.8. The molecule has 0 aliphatic heterocycles. The number of anilines is 2. The predicted molar refractivity (Wildman–Crippen MR) is 79.7 cm³/mol. The van der Waals surface area contributed by atoms with Crippen molar-refractivity contribution in [3.05, 3.63) is 58.1 Å². The first-order valence-corrected chi connectivity index (χ1v) is 6.28.